The van der Waals surface area contributed by atoms with E-state index < -0.39 is 6.10 Å². The van der Waals surface area contributed by atoms with E-state index in [4.69, 9.17) is 4.42 Å². The molecule has 0 saturated carbocycles. The third kappa shape index (κ3) is 2.87. The van der Waals surface area contributed by atoms with Crippen molar-refractivity contribution in [1.29, 1.82) is 0 Å². The van der Waals surface area contributed by atoms with E-state index in [0.29, 0.717) is 24.1 Å². The van der Waals surface area contributed by atoms with E-state index in [0.717, 1.165) is 11.2 Å². The number of nitrogens with zero attached hydrogens (tertiary/aromatic N) is 2. The lowest BCUT2D eigenvalue weighted by Gasteiger charge is -2.09. The Morgan fingerprint density at radius 2 is 2.19 bits per heavy atom. The second kappa shape index (κ2) is 5.54. The number of rotatable bonds is 4. The number of benzene rings is 1. The molecule has 5 nitrogen and oxygen atoms in total. The molecule has 5 heteroatoms. The molecule has 0 amide bonds. The van der Waals surface area contributed by atoms with Gasteiger partial charge >= 0.3 is 5.63 Å². The minimum atomic E-state index is -0.473. The average molecular weight is 284 g/mol. The van der Waals surface area contributed by atoms with E-state index in [9.17, 15) is 9.90 Å². The Morgan fingerprint density at radius 3 is 3.00 bits per heavy atom. The van der Waals surface area contributed by atoms with Crippen LogP contribution in [0.25, 0.3) is 11.0 Å². The molecule has 3 aromatic rings. The summed E-state index contributed by atoms with van der Waals surface area (Å²) < 4.78 is 7.18. The quantitative estimate of drug-likeness (QED) is 0.744. The number of fused-ring (bicyclic) bond motifs is 1. The van der Waals surface area contributed by atoms with Gasteiger partial charge in [-0.15, -0.1) is 0 Å². The van der Waals surface area contributed by atoms with Crippen molar-refractivity contribution in [3.63, 3.8) is 0 Å². The summed E-state index contributed by atoms with van der Waals surface area (Å²) in [4.78, 5) is 16.3. The highest BCUT2D eigenvalue weighted by atomic mass is 16.4. The van der Waals surface area contributed by atoms with Crippen molar-refractivity contribution in [3.05, 3.63) is 64.5 Å². The van der Waals surface area contributed by atoms with Gasteiger partial charge in [0.25, 0.3) is 0 Å². The Balaban J connectivity index is 1.96. The third-order valence-electron chi connectivity index (χ3n) is 3.33. The molecule has 0 bridgehead atoms. The minimum absolute atomic E-state index is 0.342. The number of hydrogen-bond acceptors (Lipinski definition) is 4. The SMILES string of the molecule is CC(O)Cc1nccn1Cc1cc2ccccc2oc1=O. The first-order valence-electron chi connectivity index (χ1n) is 6.83. The van der Waals surface area contributed by atoms with E-state index in [2.05, 4.69) is 4.98 Å². The molecule has 1 atom stereocenters. The minimum Gasteiger partial charge on any atom is -0.422 e. The Bertz CT molecular complexity index is 818. The van der Waals surface area contributed by atoms with Gasteiger partial charge in [0.2, 0.25) is 0 Å². The van der Waals surface area contributed by atoms with Crippen LogP contribution in [0.15, 0.2) is 51.9 Å². The molecule has 1 unspecified atom stereocenters. The predicted molar refractivity (Wildman–Crippen MR) is 79.2 cm³/mol. The van der Waals surface area contributed by atoms with Crippen LogP contribution < -0.4 is 5.63 Å². The molecule has 0 aliphatic heterocycles. The molecule has 108 valence electrons. The van der Waals surface area contributed by atoms with Gasteiger partial charge in [0.05, 0.1) is 18.2 Å². The molecule has 0 radical (unpaired) electrons. The first kappa shape index (κ1) is 13.6. The van der Waals surface area contributed by atoms with Crippen LogP contribution in [0.5, 0.6) is 0 Å². The maximum Gasteiger partial charge on any atom is 0.341 e. The molecule has 21 heavy (non-hydrogen) atoms. The van der Waals surface area contributed by atoms with Crippen molar-refractivity contribution in [2.24, 2.45) is 0 Å². The van der Waals surface area contributed by atoms with E-state index in [1.807, 2.05) is 28.8 Å². The summed E-state index contributed by atoms with van der Waals surface area (Å²) >= 11 is 0. The monoisotopic (exact) mass is 284 g/mol. The van der Waals surface area contributed by atoms with E-state index in [1.165, 1.54) is 0 Å². The van der Waals surface area contributed by atoms with Crippen molar-refractivity contribution in [2.75, 3.05) is 0 Å². The summed E-state index contributed by atoms with van der Waals surface area (Å²) in [5.41, 5.74) is 0.810. The predicted octanol–water partition coefficient (Wildman–Crippen LogP) is 1.96. The third-order valence-corrected chi connectivity index (χ3v) is 3.33. The van der Waals surface area contributed by atoms with Crippen LogP contribution in [0.4, 0.5) is 0 Å². The van der Waals surface area contributed by atoms with Crippen LogP contribution >= 0.6 is 0 Å². The number of imidazole rings is 1. The molecule has 3 rings (SSSR count). The van der Waals surface area contributed by atoms with Gasteiger partial charge in [-0.05, 0) is 19.1 Å². The number of aromatic nitrogens is 2. The van der Waals surface area contributed by atoms with Crippen LogP contribution in [0.3, 0.4) is 0 Å². The maximum absolute atomic E-state index is 12.0. The lowest BCUT2D eigenvalue weighted by molar-refractivity contribution is 0.191. The fraction of sp³-hybridized carbons (Fsp3) is 0.250. The Morgan fingerprint density at radius 1 is 1.38 bits per heavy atom. The summed E-state index contributed by atoms with van der Waals surface area (Å²) in [6, 6.07) is 9.26. The second-order valence-electron chi connectivity index (χ2n) is 5.12. The zero-order chi connectivity index (χ0) is 14.8. The van der Waals surface area contributed by atoms with Crippen LogP contribution in [-0.4, -0.2) is 20.8 Å². The van der Waals surface area contributed by atoms with E-state index in [-0.39, 0.29) is 5.63 Å². The van der Waals surface area contributed by atoms with Crippen LogP contribution in [0.1, 0.15) is 18.3 Å². The zero-order valence-electron chi connectivity index (χ0n) is 11.7. The smallest absolute Gasteiger partial charge is 0.341 e. The summed E-state index contributed by atoms with van der Waals surface area (Å²) in [7, 11) is 0. The molecule has 1 aromatic carbocycles. The van der Waals surface area contributed by atoms with Crippen molar-refractivity contribution < 1.29 is 9.52 Å². The molecular weight excluding hydrogens is 268 g/mol. The summed E-state index contributed by atoms with van der Waals surface area (Å²) in [6.07, 6.45) is 3.44. The molecule has 0 aliphatic carbocycles. The first-order chi connectivity index (χ1) is 10.1. The van der Waals surface area contributed by atoms with Crippen molar-refractivity contribution in [2.45, 2.75) is 26.0 Å². The molecule has 0 aliphatic rings. The second-order valence-corrected chi connectivity index (χ2v) is 5.12. The lowest BCUT2D eigenvalue weighted by atomic mass is 10.2. The number of hydrogen-bond donors (Lipinski definition) is 1. The largest absolute Gasteiger partial charge is 0.422 e. The molecule has 2 heterocycles. The van der Waals surface area contributed by atoms with Crippen LogP contribution in [0, 0.1) is 0 Å². The molecule has 0 spiro atoms. The van der Waals surface area contributed by atoms with E-state index in [1.54, 1.807) is 25.4 Å². The molecule has 0 saturated heterocycles. The highest BCUT2D eigenvalue weighted by Crippen LogP contribution is 2.14. The van der Waals surface area contributed by atoms with Gasteiger partial charge in [-0.25, -0.2) is 9.78 Å². The van der Waals surface area contributed by atoms with Gasteiger partial charge in [-0.2, -0.15) is 0 Å². The number of aliphatic hydroxyl groups excluding tert-OH is 1. The van der Waals surface area contributed by atoms with Crippen molar-refractivity contribution in [1.82, 2.24) is 9.55 Å². The van der Waals surface area contributed by atoms with Gasteiger partial charge in [0.15, 0.2) is 0 Å². The Kier molecular flexibility index (Phi) is 3.58. The molecule has 0 fully saturated rings. The zero-order valence-corrected chi connectivity index (χ0v) is 11.7. The van der Waals surface area contributed by atoms with Crippen molar-refractivity contribution >= 4 is 11.0 Å². The highest BCUT2D eigenvalue weighted by molar-refractivity contribution is 5.76. The summed E-state index contributed by atoms with van der Waals surface area (Å²) in [6.45, 7) is 2.10. The van der Waals surface area contributed by atoms with Crippen LogP contribution in [-0.2, 0) is 13.0 Å². The normalized spacial score (nSPS) is 12.7. The van der Waals surface area contributed by atoms with E-state index >= 15 is 0 Å². The first-order valence-corrected chi connectivity index (χ1v) is 6.83. The maximum atomic E-state index is 12.0. The highest BCUT2D eigenvalue weighted by Gasteiger charge is 2.10. The van der Waals surface area contributed by atoms with Gasteiger partial charge < -0.3 is 14.1 Å². The van der Waals surface area contributed by atoms with Gasteiger partial charge in [0, 0.05) is 24.2 Å². The lowest BCUT2D eigenvalue weighted by Crippen LogP contribution is -2.15. The van der Waals surface area contributed by atoms with Gasteiger partial charge in [-0.3, -0.25) is 0 Å². The molecule has 1 N–H and O–H groups in total. The van der Waals surface area contributed by atoms with Crippen LogP contribution in [0.2, 0.25) is 0 Å². The number of aliphatic hydroxyl groups is 1. The van der Waals surface area contributed by atoms with Gasteiger partial charge in [-0.1, -0.05) is 18.2 Å². The standard InChI is InChI=1S/C16H16N2O3/c1-11(19)8-15-17-6-7-18(15)10-13-9-12-4-2-3-5-14(12)21-16(13)20/h2-7,9,11,19H,8,10H2,1H3. The fourth-order valence-corrected chi connectivity index (χ4v) is 2.34. The Hall–Kier alpha value is -2.40. The molecular formula is C16H16N2O3. The fourth-order valence-electron chi connectivity index (χ4n) is 2.34. The Labute approximate surface area is 121 Å². The van der Waals surface area contributed by atoms with Gasteiger partial charge in [0.1, 0.15) is 11.4 Å². The van der Waals surface area contributed by atoms with Crippen molar-refractivity contribution in [3.8, 4) is 0 Å². The number of para-hydroxylation sites is 1. The molecule has 2 aromatic heterocycles. The summed E-state index contributed by atoms with van der Waals surface area (Å²) in [5.74, 6) is 0.748. The average Bonchev–Trinajstić information content (AvgIpc) is 2.86. The topological polar surface area (TPSA) is 68.3 Å². The summed E-state index contributed by atoms with van der Waals surface area (Å²) in [5, 5.41) is 10.4.